The number of methoxy groups -OCH3 is 1. The van der Waals surface area contributed by atoms with Crippen LogP contribution in [0.4, 0.5) is 0 Å². The van der Waals surface area contributed by atoms with Crippen molar-refractivity contribution < 1.29 is 38.1 Å². The highest BCUT2D eigenvalue weighted by Crippen LogP contribution is 2.33. The van der Waals surface area contributed by atoms with Gasteiger partial charge < -0.3 is 28.6 Å². The molecule has 0 N–H and O–H groups in total. The zero-order valence-corrected chi connectivity index (χ0v) is 27.4. The molecular weight excluding hydrogens is 574 g/mol. The first kappa shape index (κ1) is 35.1. The summed E-state index contributed by atoms with van der Waals surface area (Å²) >= 11 is 0. The number of allylic oxidation sites excluding steroid dienone is 4. The zero-order valence-electron chi connectivity index (χ0n) is 27.4. The van der Waals surface area contributed by atoms with Crippen molar-refractivity contribution in [2.45, 2.75) is 115 Å². The molecule has 4 rings (SSSR count). The first-order valence-corrected chi connectivity index (χ1v) is 16.9. The molecule has 3 fully saturated rings. The van der Waals surface area contributed by atoms with Crippen LogP contribution in [0, 0.1) is 11.8 Å². The molecule has 0 spiro atoms. The first-order chi connectivity index (χ1) is 21.8. The van der Waals surface area contributed by atoms with Crippen LogP contribution in [-0.2, 0) is 38.1 Å². The van der Waals surface area contributed by atoms with Gasteiger partial charge in [0.1, 0.15) is 6.10 Å². The Morgan fingerprint density at radius 1 is 0.956 bits per heavy atom. The molecule has 0 aromatic heterocycles. The maximum Gasteiger partial charge on any atom is 0.330 e. The van der Waals surface area contributed by atoms with Gasteiger partial charge in [0.15, 0.2) is 0 Å². The summed E-state index contributed by atoms with van der Waals surface area (Å²) in [7, 11) is 1.37. The first-order valence-electron chi connectivity index (χ1n) is 16.9. The fourth-order valence-corrected chi connectivity index (χ4v) is 6.63. The van der Waals surface area contributed by atoms with Crippen molar-refractivity contribution >= 4 is 17.8 Å². The lowest BCUT2D eigenvalue weighted by Crippen LogP contribution is -2.40. The van der Waals surface area contributed by atoms with Gasteiger partial charge in [-0.05, 0) is 63.4 Å². The van der Waals surface area contributed by atoms with E-state index in [0.29, 0.717) is 51.5 Å². The summed E-state index contributed by atoms with van der Waals surface area (Å²) in [5.41, 5.74) is 0.933. The molecule has 0 radical (unpaired) electrons. The van der Waals surface area contributed by atoms with Crippen molar-refractivity contribution in [1.29, 1.82) is 0 Å². The van der Waals surface area contributed by atoms with Crippen LogP contribution in [0.3, 0.4) is 0 Å². The summed E-state index contributed by atoms with van der Waals surface area (Å²) in [4.78, 5) is 39.6. The molecule has 3 saturated heterocycles. The van der Waals surface area contributed by atoms with Crippen molar-refractivity contribution in [1.82, 2.24) is 4.90 Å². The molecule has 4 aliphatic rings. The highest BCUT2D eigenvalue weighted by molar-refractivity contribution is 5.82. The summed E-state index contributed by atoms with van der Waals surface area (Å²) in [5, 5.41) is 0. The van der Waals surface area contributed by atoms with E-state index in [0.717, 1.165) is 50.5 Å². The number of rotatable bonds is 7. The molecule has 7 unspecified atom stereocenters. The predicted octanol–water partition coefficient (Wildman–Crippen LogP) is 5.64. The average molecular weight is 628 g/mol. The Morgan fingerprint density at radius 3 is 2.47 bits per heavy atom. The van der Waals surface area contributed by atoms with Crippen molar-refractivity contribution in [2.75, 3.05) is 33.4 Å². The van der Waals surface area contributed by atoms with Crippen LogP contribution in [0.2, 0.25) is 0 Å². The third-order valence-electron chi connectivity index (χ3n) is 9.08. The number of unbranched alkanes of at least 4 members (excludes halogenated alkanes) is 1. The van der Waals surface area contributed by atoms with Crippen LogP contribution in [0.25, 0.3) is 0 Å². The van der Waals surface area contributed by atoms with Gasteiger partial charge in [-0.25, -0.2) is 4.79 Å². The normalized spacial score (nSPS) is 33.7. The standard InChI is InChI=1S/C36H53NO8/c1-26-14-15-27(2)33(12-7-5-4-6-8-13-34(38)37-16-18-42-19-17-37)45-36(40)25-32-22-28(23-35(39)41-3)21-31(44-32)24-30-11-9-10-29(20-26)43-30/h4-5,7,12,14-15,23,26-27,29-33H,6,8-11,13,16-22,24-25H2,1-3H3/b5-4-,12-7+,15-14+,28-23-. The van der Waals surface area contributed by atoms with Crippen molar-refractivity contribution in [3.05, 3.63) is 48.1 Å². The Bertz CT molecular complexity index is 1090. The lowest BCUT2D eigenvalue weighted by atomic mass is 9.89. The molecule has 0 aromatic carbocycles. The largest absolute Gasteiger partial charge is 0.466 e. The van der Waals surface area contributed by atoms with Crippen LogP contribution in [0.5, 0.6) is 0 Å². The van der Waals surface area contributed by atoms with E-state index in [1.54, 1.807) is 6.08 Å². The van der Waals surface area contributed by atoms with Crippen molar-refractivity contribution in [3.63, 3.8) is 0 Å². The van der Waals surface area contributed by atoms with Gasteiger partial charge in [0, 0.05) is 37.9 Å². The number of hydrogen-bond donors (Lipinski definition) is 0. The minimum absolute atomic E-state index is 0.0325. The highest BCUT2D eigenvalue weighted by Gasteiger charge is 2.33. The van der Waals surface area contributed by atoms with Gasteiger partial charge >= 0.3 is 11.9 Å². The Kier molecular flexibility index (Phi) is 14.4. The minimum Gasteiger partial charge on any atom is -0.466 e. The number of esters is 2. The Balaban J connectivity index is 1.40. The second-order valence-corrected chi connectivity index (χ2v) is 13.0. The molecule has 4 heterocycles. The van der Waals surface area contributed by atoms with E-state index >= 15 is 0 Å². The van der Waals surface area contributed by atoms with E-state index in [2.05, 4.69) is 26.0 Å². The number of ether oxygens (including phenoxy) is 5. The van der Waals surface area contributed by atoms with Crippen LogP contribution in [-0.4, -0.2) is 86.7 Å². The number of nitrogens with zero attached hydrogens (tertiary/aromatic N) is 1. The highest BCUT2D eigenvalue weighted by atomic mass is 16.6. The second kappa shape index (κ2) is 18.4. The van der Waals surface area contributed by atoms with Gasteiger partial charge in [-0.15, -0.1) is 0 Å². The summed E-state index contributed by atoms with van der Waals surface area (Å²) in [5.74, 6) is -0.234. The van der Waals surface area contributed by atoms with E-state index in [-0.39, 0.29) is 54.6 Å². The van der Waals surface area contributed by atoms with E-state index in [9.17, 15) is 14.4 Å². The maximum atomic E-state index is 13.3. The monoisotopic (exact) mass is 627 g/mol. The van der Waals surface area contributed by atoms with E-state index in [4.69, 9.17) is 23.7 Å². The lowest BCUT2D eigenvalue weighted by molar-refractivity contribution is -0.154. The molecule has 0 aliphatic carbocycles. The molecule has 0 saturated carbocycles. The SMILES string of the molecule is COC(=O)/C=C1\CC2CC(=O)OC(/C=C/C=C\CCCC(=O)N3CCOCC3)C(C)/C=C/C(C)CC3CCCC(CC(C1)O2)O3. The van der Waals surface area contributed by atoms with E-state index in [1.807, 2.05) is 29.2 Å². The number of hydrogen-bond acceptors (Lipinski definition) is 8. The molecular formula is C36H53NO8. The van der Waals surface area contributed by atoms with Crippen LogP contribution < -0.4 is 0 Å². The Labute approximate surface area is 269 Å². The van der Waals surface area contributed by atoms with Crippen LogP contribution in [0.15, 0.2) is 48.1 Å². The van der Waals surface area contributed by atoms with Gasteiger partial charge in [0.2, 0.25) is 5.91 Å². The minimum atomic E-state index is -0.443. The van der Waals surface area contributed by atoms with Gasteiger partial charge in [-0.2, -0.15) is 0 Å². The fourth-order valence-electron chi connectivity index (χ4n) is 6.63. The molecule has 4 aliphatic heterocycles. The zero-order chi connectivity index (χ0) is 32.0. The predicted molar refractivity (Wildman–Crippen MR) is 171 cm³/mol. The van der Waals surface area contributed by atoms with Crippen molar-refractivity contribution in [2.24, 2.45) is 11.8 Å². The molecule has 45 heavy (non-hydrogen) atoms. The number of fused-ring (bicyclic) bond motifs is 4. The fraction of sp³-hybridized carbons (Fsp3) is 0.694. The molecule has 250 valence electrons. The van der Waals surface area contributed by atoms with Crippen LogP contribution >= 0.6 is 0 Å². The number of morpholine rings is 1. The van der Waals surface area contributed by atoms with E-state index < -0.39 is 6.10 Å². The molecule has 9 heteroatoms. The average Bonchev–Trinajstić information content (AvgIpc) is 3.02. The lowest BCUT2D eigenvalue weighted by Gasteiger charge is -2.37. The number of carbonyl (C=O) groups excluding carboxylic acids is 3. The second-order valence-electron chi connectivity index (χ2n) is 13.0. The quantitative estimate of drug-likeness (QED) is 0.118. The number of carbonyl (C=O) groups is 3. The summed E-state index contributed by atoms with van der Waals surface area (Å²) in [6.45, 7) is 6.86. The Hall–Kier alpha value is -2.75. The van der Waals surface area contributed by atoms with Crippen molar-refractivity contribution in [3.8, 4) is 0 Å². The third kappa shape index (κ3) is 12.2. The summed E-state index contributed by atoms with van der Waals surface area (Å²) in [6.07, 6.45) is 21.3. The van der Waals surface area contributed by atoms with Gasteiger partial charge in [-0.1, -0.05) is 49.8 Å². The smallest absolute Gasteiger partial charge is 0.330 e. The van der Waals surface area contributed by atoms with Gasteiger partial charge in [0.25, 0.3) is 0 Å². The molecule has 4 bridgehead atoms. The number of amides is 1. The van der Waals surface area contributed by atoms with Crippen LogP contribution in [0.1, 0.15) is 84.5 Å². The topological polar surface area (TPSA) is 101 Å². The summed E-state index contributed by atoms with van der Waals surface area (Å²) < 4.78 is 29.2. The maximum absolute atomic E-state index is 13.3. The van der Waals surface area contributed by atoms with E-state index in [1.165, 1.54) is 7.11 Å². The third-order valence-corrected chi connectivity index (χ3v) is 9.08. The Morgan fingerprint density at radius 2 is 1.69 bits per heavy atom. The van der Waals surface area contributed by atoms with Gasteiger partial charge in [0.05, 0.1) is 51.2 Å². The summed E-state index contributed by atoms with van der Waals surface area (Å²) in [6, 6.07) is 0. The number of cyclic esters (lactones) is 1. The molecule has 7 atom stereocenters. The molecule has 1 amide bonds. The molecule has 9 nitrogen and oxygen atoms in total. The molecule has 0 aromatic rings. The van der Waals surface area contributed by atoms with Gasteiger partial charge in [-0.3, -0.25) is 9.59 Å².